The van der Waals surface area contributed by atoms with Crippen molar-refractivity contribution in [2.45, 2.75) is 13.5 Å². The number of rotatable bonds is 7. The molecule has 4 amide bonds. The van der Waals surface area contributed by atoms with Crippen LogP contribution in [-0.2, 0) is 16.1 Å². The van der Waals surface area contributed by atoms with Gasteiger partial charge in [-0.1, -0.05) is 0 Å². The smallest absolute Gasteiger partial charge is 0.321 e. The van der Waals surface area contributed by atoms with Crippen molar-refractivity contribution in [1.29, 1.82) is 0 Å². The van der Waals surface area contributed by atoms with Crippen LogP contribution >= 0.6 is 0 Å². The minimum atomic E-state index is -0.631. The molecule has 0 aliphatic heterocycles. The van der Waals surface area contributed by atoms with Crippen LogP contribution in [0.2, 0.25) is 0 Å². The Bertz CT molecular complexity index is 760. The highest BCUT2D eigenvalue weighted by Gasteiger charge is 2.13. The summed E-state index contributed by atoms with van der Waals surface area (Å²) in [6, 6.07) is 6.34. The Labute approximate surface area is 150 Å². The fourth-order valence-corrected chi connectivity index (χ4v) is 2.12. The van der Waals surface area contributed by atoms with E-state index in [9.17, 15) is 14.4 Å². The maximum absolute atomic E-state index is 12.0. The van der Waals surface area contributed by atoms with E-state index in [2.05, 4.69) is 20.9 Å². The number of imide groups is 1. The van der Waals surface area contributed by atoms with Gasteiger partial charge in [0.15, 0.2) is 0 Å². The molecule has 0 aliphatic carbocycles. The number of carbonyl (C=O) groups is 3. The Morgan fingerprint density at radius 2 is 1.96 bits per heavy atom. The van der Waals surface area contributed by atoms with E-state index in [-0.39, 0.29) is 25.5 Å². The number of nitrogens with one attached hydrogen (secondary N) is 3. The lowest BCUT2D eigenvalue weighted by atomic mass is 10.3. The number of aromatic nitrogens is 1. The van der Waals surface area contributed by atoms with Crippen LogP contribution in [0.25, 0.3) is 0 Å². The van der Waals surface area contributed by atoms with Gasteiger partial charge < -0.3 is 15.1 Å². The second kappa shape index (κ2) is 9.33. The van der Waals surface area contributed by atoms with Gasteiger partial charge in [-0.25, -0.2) is 9.78 Å². The van der Waals surface area contributed by atoms with Crippen molar-refractivity contribution in [3.8, 4) is 0 Å². The second-order valence-electron chi connectivity index (χ2n) is 5.75. The average molecular weight is 359 g/mol. The summed E-state index contributed by atoms with van der Waals surface area (Å²) in [5.74, 6) is 0.197. The van der Waals surface area contributed by atoms with Crippen LogP contribution < -0.4 is 16.0 Å². The van der Waals surface area contributed by atoms with E-state index in [1.54, 1.807) is 31.4 Å². The van der Waals surface area contributed by atoms with Crippen LogP contribution in [0.5, 0.6) is 0 Å². The van der Waals surface area contributed by atoms with Crippen LogP contribution in [0.15, 0.2) is 41.1 Å². The van der Waals surface area contributed by atoms with Gasteiger partial charge in [0.05, 0.1) is 25.9 Å². The van der Waals surface area contributed by atoms with Crippen molar-refractivity contribution < 1.29 is 18.8 Å². The van der Waals surface area contributed by atoms with Gasteiger partial charge in [0, 0.05) is 6.20 Å². The van der Waals surface area contributed by atoms with Gasteiger partial charge in [0.2, 0.25) is 11.8 Å². The quantitative estimate of drug-likeness (QED) is 0.676. The van der Waals surface area contributed by atoms with E-state index in [1.165, 1.54) is 11.2 Å². The first-order chi connectivity index (χ1) is 12.4. The van der Waals surface area contributed by atoms with Gasteiger partial charge in [-0.15, -0.1) is 0 Å². The van der Waals surface area contributed by atoms with Crippen molar-refractivity contribution in [2.24, 2.45) is 0 Å². The van der Waals surface area contributed by atoms with E-state index in [4.69, 9.17) is 4.42 Å². The largest absolute Gasteiger partial charge is 0.467 e. The molecule has 9 nitrogen and oxygen atoms in total. The van der Waals surface area contributed by atoms with Crippen molar-refractivity contribution in [3.05, 3.63) is 48.0 Å². The molecule has 0 unspecified atom stereocenters. The molecular formula is C17H21N5O4. The zero-order chi connectivity index (χ0) is 18.9. The van der Waals surface area contributed by atoms with E-state index in [0.29, 0.717) is 11.6 Å². The van der Waals surface area contributed by atoms with Crippen LogP contribution in [0.4, 0.5) is 10.6 Å². The molecule has 0 atom stereocenters. The van der Waals surface area contributed by atoms with Gasteiger partial charge in [-0.05, 0) is 43.8 Å². The van der Waals surface area contributed by atoms with Crippen LogP contribution in [0, 0.1) is 6.92 Å². The monoisotopic (exact) mass is 359 g/mol. The lowest BCUT2D eigenvalue weighted by Gasteiger charge is -2.15. The SMILES string of the molecule is Cc1ccnc(NC(=O)CN(C)CC(=O)NC(=O)NCc2ccco2)c1. The molecule has 0 aliphatic rings. The summed E-state index contributed by atoms with van der Waals surface area (Å²) >= 11 is 0. The number of urea groups is 1. The molecule has 0 saturated carbocycles. The summed E-state index contributed by atoms with van der Waals surface area (Å²) in [5.41, 5.74) is 0.976. The lowest BCUT2D eigenvalue weighted by Crippen LogP contribution is -2.44. The highest BCUT2D eigenvalue weighted by Crippen LogP contribution is 2.05. The molecule has 2 heterocycles. The van der Waals surface area contributed by atoms with Crippen molar-refractivity contribution in [1.82, 2.24) is 20.5 Å². The third kappa shape index (κ3) is 6.73. The zero-order valence-electron chi connectivity index (χ0n) is 14.6. The van der Waals surface area contributed by atoms with Crippen LogP contribution in [-0.4, -0.2) is 47.9 Å². The average Bonchev–Trinajstić information content (AvgIpc) is 3.05. The Balaban J connectivity index is 1.69. The van der Waals surface area contributed by atoms with Crippen molar-refractivity contribution in [2.75, 3.05) is 25.5 Å². The Hall–Kier alpha value is -3.20. The molecule has 0 saturated heterocycles. The third-order valence-electron chi connectivity index (χ3n) is 3.27. The summed E-state index contributed by atoms with van der Waals surface area (Å²) in [4.78, 5) is 40.9. The summed E-state index contributed by atoms with van der Waals surface area (Å²) in [6.45, 7) is 1.94. The fourth-order valence-electron chi connectivity index (χ4n) is 2.12. The molecule has 0 spiro atoms. The number of pyridine rings is 1. The number of aryl methyl sites for hydroxylation is 1. The number of hydrogen-bond donors (Lipinski definition) is 3. The molecule has 26 heavy (non-hydrogen) atoms. The molecule has 2 rings (SSSR count). The van der Waals surface area contributed by atoms with Gasteiger partial charge in [0.25, 0.3) is 0 Å². The number of furan rings is 1. The number of nitrogens with zero attached hydrogens (tertiary/aromatic N) is 2. The molecule has 0 radical (unpaired) electrons. The van der Waals surface area contributed by atoms with E-state index >= 15 is 0 Å². The summed E-state index contributed by atoms with van der Waals surface area (Å²) in [5, 5.41) is 7.34. The highest BCUT2D eigenvalue weighted by atomic mass is 16.3. The standard InChI is InChI=1S/C17H21N5O4/c1-12-5-6-18-14(8-12)20-15(23)10-22(2)11-16(24)21-17(25)19-9-13-4-3-7-26-13/h3-8H,9-11H2,1-2H3,(H,18,20,23)(H2,19,21,24,25). The maximum Gasteiger partial charge on any atom is 0.321 e. The molecule has 2 aromatic rings. The summed E-state index contributed by atoms with van der Waals surface area (Å²) < 4.78 is 5.07. The number of likely N-dealkylation sites (N-methyl/N-ethyl adjacent to an activating group) is 1. The van der Waals surface area contributed by atoms with E-state index < -0.39 is 11.9 Å². The topological polar surface area (TPSA) is 117 Å². The van der Waals surface area contributed by atoms with E-state index in [0.717, 1.165) is 5.56 Å². The molecule has 3 N–H and O–H groups in total. The number of anilines is 1. The summed E-state index contributed by atoms with van der Waals surface area (Å²) in [7, 11) is 1.60. The van der Waals surface area contributed by atoms with Gasteiger partial charge in [-0.2, -0.15) is 0 Å². The first-order valence-corrected chi connectivity index (χ1v) is 7.93. The van der Waals surface area contributed by atoms with Crippen LogP contribution in [0.1, 0.15) is 11.3 Å². The Morgan fingerprint density at radius 1 is 1.19 bits per heavy atom. The second-order valence-corrected chi connectivity index (χ2v) is 5.75. The zero-order valence-corrected chi connectivity index (χ0v) is 14.6. The fraction of sp³-hybridized carbons (Fsp3) is 0.294. The molecule has 0 fully saturated rings. The molecule has 0 aromatic carbocycles. The van der Waals surface area contributed by atoms with Gasteiger partial charge in [-0.3, -0.25) is 19.8 Å². The van der Waals surface area contributed by atoms with E-state index in [1.807, 2.05) is 13.0 Å². The molecule has 2 aromatic heterocycles. The normalized spacial score (nSPS) is 10.4. The number of amides is 4. The minimum absolute atomic E-state index is 0.0168. The molecule has 138 valence electrons. The predicted molar refractivity (Wildman–Crippen MR) is 94.2 cm³/mol. The molecule has 0 bridgehead atoms. The minimum Gasteiger partial charge on any atom is -0.467 e. The maximum atomic E-state index is 12.0. The number of carbonyl (C=O) groups excluding carboxylic acids is 3. The van der Waals surface area contributed by atoms with Crippen molar-refractivity contribution in [3.63, 3.8) is 0 Å². The molecular weight excluding hydrogens is 338 g/mol. The third-order valence-corrected chi connectivity index (χ3v) is 3.27. The number of hydrogen-bond acceptors (Lipinski definition) is 6. The molecule has 9 heteroatoms. The Kier molecular flexibility index (Phi) is 6.86. The highest BCUT2D eigenvalue weighted by molar-refractivity contribution is 5.96. The van der Waals surface area contributed by atoms with Crippen LogP contribution in [0.3, 0.4) is 0 Å². The predicted octanol–water partition coefficient (Wildman–Crippen LogP) is 0.879. The lowest BCUT2D eigenvalue weighted by molar-refractivity contribution is -0.122. The van der Waals surface area contributed by atoms with Gasteiger partial charge >= 0.3 is 6.03 Å². The first kappa shape index (κ1) is 19.1. The van der Waals surface area contributed by atoms with Gasteiger partial charge in [0.1, 0.15) is 11.6 Å². The van der Waals surface area contributed by atoms with Crippen molar-refractivity contribution >= 4 is 23.7 Å². The first-order valence-electron chi connectivity index (χ1n) is 7.93. The summed E-state index contributed by atoms with van der Waals surface area (Å²) in [6.07, 6.45) is 3.09. The Morgan fingerprint density at radius 3 is 2.65 bits per heavy atom.